The van der Waals surface area contributed by atoms with E-state index in [-0.39, 0.29) is 17.5 Å². The van der Waals surface area contributed by atoms with Gasteiger partial charge in [0.1, 0.15) is 0 Å². The Morgan fingerprint density at radius 2 is 1.64 bits per heavy atom. The van der Waals surface area contributed by atoms with E-state index < -0.39 is 11.8 Å². The van der Waals surface area contributed by atoms with Gasteiger partial charge in [0.15, 0.2) is 11.5 Å². The predicted octanol–water partition coefficient (Wildman–Crippen LogP) is 1.59. The van der Waals surface area contributed by atoms with Crippen molar-refractivity contribution in [1.29, 1.82) is 0 Å². The van der Waals surface area contributed by atoms with Crippen molar-refractivity contribution in [1.82, 2.24) is 10.7 Å². The molecule has 1 aromatic carbocycles. The van der Waals surface area contributed by atoms with Gasteiger partial charge in [-0.1, -0.05) is 20.8 Å². The van der Waals surface area contributed by atoms with Crippen LogP contribution in [0.2, 0.25) is 0 Å². The third-order valence-corrected chi connectivity index (χ3v) is 2.98. The van der Waals surface area contributed by atoms with Crippen LogP contribution in [0.5, 0.6) is 17.2 Å². The Morgan fingerprint density at radius 3 is 2.08 bits per heavy atom. The fourth-order valence-electron chi connectivity index (χ4n) is 1.81. The number of rotatable bonds is 7. The number of carbonyl (C=O) groups is 2. The molecule has 0 heterocycles. The highest BCUT2D eigenvalue weighted by molar-refractivity contribution is 5.97. The van der Waals surface area contributed by atoms with E-state index in [0.29, 0.717) is 17.2 Å². The molecule has 0 unspecified atom stereocenters. The Kier molecular flexibility index (Phi) is 7.22. The summed E-state index contributed by atoms with van der Waals surface area (Å²) in [6.07, 6.45) is 1.62. The lowest BCUT2D eigenvalue weighted by Gasteiger charge is -2.14. The molecule has 0 aliphatic carbocycles. The zero-order chi connectivity index (χ0) is 19.0. The number of nitrogens with one attached hydrogen (secondary N) is 2. The molecule has 138 valence electrons. The highest BCUT2D eigenvalue weighted by Crippen LogP contribution is 2.38. The van der Waals surface area contributed by atoms with Gasteiger partial charge in [-0.25, -0.2) is 5.43 Å². The summed E-state index contributed by atoms with van der Waals surface area (Å²) < 4.78 is 15.6. The highest BCUT2D eigenvalue weighted by Gasteiger charge is 2.17. The number of nitrogens with zero attached hydrogens (tertiary/aromatic N) is 1. The van der Waals surface area contributed by atoms with Gasteiger partial charge in [0.05, 0.1) is 27.9 Å². The molecule has 0 aromatic heterocycles. The monoisotopic (exact) mass is 351 g/mol. The lowest BCUT2D eigenvalue weighted by atomic mass is 9.99. The molecule has 0 aliphatic rings. The third-order valence-electron chi connectivity index (χ3n) is 2.98. The second kappa shape index (κ2) is 8.91. The van der Waals surface area contributed by atoms with Gasteiger partial charge in [-0.15, -0.1) is 0 Å². The molecular weight excluding hydrogens is 326 g/mol. The SMILES string of the molecule is COc1cc(C(=O)NCC(=O)N/N=C\C(C)(C)C)cc(OC)c1OC. The maximum absolute atomic E-state index is 12.2. The smallest absolute Gasteiger partial charge is 0.259 e. The van der Waals surface area contributed by atoms with Crippen LogP contribution in [-0.2, 0) is 4.79 Å². The molecule has 0 fully saturated rings. The number of hydrazone groups is 1. The number of ether oxygens (including phenoxy) is 3. The minimum Gasteiger partial charge on any atom is -0.493 e. The Balaban J connectivity index is 2.75. The number of hydrogen-bond acceptors (Lipinski definition) is 6. The van der Waals surface area contributed by atoms with Crippen LogP contribution in [-0.4, -0.2) is 45.9 Å². The summed E-state index contributed by atoms with van der Waals surface area (Å²) in [5.74, 6) is 0.212. The van der Waals surface area contributed by atoms with Crippen LogP contribution >= 0.6 is 0 Å². The van der Waals surface area contributed by atoms with Gasteiger partial charge in [-0.05, 0) is 17.5 Å². The van der Waals surface area contributed by atoms with Crippen molar-refractivity contribution < 1.29 is 23.8 Å². The Hall–Kier alpha value is -2.77. The van der Waals surface area contributed by atoms with E-state index in [1.54, 1.807) is 6.21 Å². The van der Waals surface area contributed by atoms with Gasteiger partial charge in [-0.2, -0.15) is 5.10 Å². The van der Waals surface area contributed by atoms with Gasteiger partial charge in [-0.3, -0.25) is 9.59 Å². The van der Waals surface area contributed by atoms with Crippen LogP contribution in [0.3, 0.4) is 0 Å². The van der Waals surface area contributed by atoms with Gasteiger partial charge in [0, 0.05) is 11.8 Å². The van der Waals surface area contributed by atoms with E-state index in [2.05, 4.69) is 15.8 Å². The maximum Gasteiger partial charge on any atom is 0.259 e. The quantitative estimate of drug-likeness (QED) is 0.574. The molecular formula is C17H25N3O5. The minimum atomic E-state index is -0.450. The summed E-state index contributed by atoms with van der Waals surface area (Å²) in [5, 5.41) is 6.35. The first kappa shape index (κ1) is 20.3. The average Bonchev–Trinajstić information content (AvgIpc) is 2.56. The molecule has 1 aromatic rings. The largest absolute Gasteiger partial charge is 0.493 e. The summed E-state index contributed by atoms with van der Waals surface area (Å²) in [7, 11) is 4.39. The number of hydrogen-bond donors (Lipinski definition) is 2. The lowest BCUT2D eigenvalue weighted by molar-refractivity contribution is -0.120. The molecule has 0 radical (unpaired) electrons. The molecule has 0 saturated heterocycles. The number of amides is 2. The summed E-state index contributed by atoms with van der Waals surface area (Å²) in [6, 6.07) is 3.01. The van der Waals surface area contributed by atoms with Crippen LogP contribution in [0.4, 0.5) is 0 Å². The van der Waals surface area contributed by atoms with Gasteiger partial charge in [0.25, 0.3) is 11.8 Å². The van der Waals surface area contributed by atoms with Gasteiger partial charge >= 0.3 is 0 Å². The molecule has 8 nitrogen and oxygen atoms in total. The van der Waals surface area contributed by atoms with Crippen molar-refractivity contribution in [3.8, 4) is 17.2 Å². The van der Waals surface area contributed by atoms with Crippen molar-refractivity contribution in [2.24, 2.45) is 10.5 Å². The minimum absolute atomic E-state index is 0.146. The molecule has 0 spiro atoms. The van der Waals surface area contributed by atoms with Crippen LogP contribution in [0.15, 0.2) is 17.2 Å². The van der Waals surface area contributed by atoms with Gasteiger partial charge < -0.3 is 19.5 Å². The zero-order valence-electron chi connectivity index (χ0n) is 15.4. The van der Waals surface area contributed by atoms with Crippen molar-refractivity contribution in [2.75, 3.05) is 27.9 Å². The molecule has 2 N–H and O–H groups in total. The van der Waals surface area contributed by atoms with Crippen molar-refractivity contribution in [3.63, 3.8) is 0 Å². The molecule has 0 bridgehead atoms. The van der Waals surface area contributed by atoms with Crippen LogP contribution in [0.1, 0.15) is 31.1 Å². The topological polar surface area (TPSA) is 98.2 Å². The number of carbonyl (C=O) groups excluding carboxylic acids is 2. The fourth-order valence-corrected chi connectivity index (χ4v) is 1.81. The number of benzene rings is 1. The highest BCUT2D eigenvalue weighted by atomic mass is 16.5. The first-order valence-corrected chi connectivity index (χ1v) is 7.63. The van der Waals surface area contributed by atoms with Gasteiger partial charge in [0.2, 0.25) is 5.75 Å². The Labute approximate surface area is 147 Å². The summed E-state index contributed by atoms with van der Waals surface area (Å²) in [6.45, 7) is 5.65. The molecule has 1 rings (SSSR count). The lowest BCUT2D eigenvalue weighted by Crippen LogP contribution is -2.35. The van der Waals surface area contributed by atoms with E-state index in [0.717, 1.165) is 0 Å². The molecule has 25 heavy (non-hydrogen) atoms. The third kappa shape index (κ3) is 6.33. The van der Waals surface area contributed by atoms with Crippen molar-refractivity contribution >= 4 is 18.0 Å². The summed E-state index contributed by atoms with van der Waals surface area (Å²) in [5.41, 5.74) is 2.49. The zero-order valence-corrected chi connectivity index (χ0v) is 15.4. The molecule has 2 amide bonds. The number of methoxy groups -OCH3 is 3. The van der Waals surface area contributed by atoms with Crippen LogP contribution < -0.4 is 25.0 Å². The van der Waals surface area contributed by atoms with E-state index in [1.165, 1.54) is 33.5 Å². The first-order valence-electron chi connectivity index (χ1n) is 7.63. The molecule has 0 atom stereocenters. The fraction of sp³-hybridized carbons (Fsp3) is 0.471. The van der Waals surface area contributed by atoms with E-state index in [9.17, 15) is 9.59 Å². The van der Waals surface area contributed by atoms with Crippen molar-refractivity contribution in [2.45, 2.75) is 20.8 Å². The standard InChI is InChI=1S/C17H25N3O5/c1-17(2,3)10-19-20-14(21)9-18-16(22)11-7-12(23-4)15(25-6)13(8-11)24-5/h7-8,10H,9H2,1-6H3,(H,18,22)(H,20,21)/b19-10-. The van der Waals surface area contributed by atoms with E-state index in [4.69, 9.17) is 14.2 Å². The summed E-state index contributed by atoms with van der Waals surface area (Å²) in [4.78, 5) is 23.9. The first-order chi connectivity index (χ1) is 11.7. The Bertz CT molecular complexity index is 625. The predicted molar refractivity (Wildman–Crippen MR) is 94.5 cm³/mol. The maximum atomic E-state index is 12.2. The normalized spacial score (nSPS) is 11.1. The van der Waals surface area contributed by atoms with E-state index in [1.807, 2.05) is 20.8 Å². The summed E-state index contributed by atoms with van der Waals surface area (Å²) >= 11 is 0. The van der Waals surface area contributed by atoms with Crippen LogP contribution in [0.25, 0.3) is 0 Å². The Morgan fingerprint density at radius 1 is 1.08 bits per heavy atom. The molecule has 0 saturated carbocycles. The van der Waals surface area contributed by atoms with Crippen molar-refractivity contribution in [3.05, 3.63) is 17.7 Å². The van der Waals surface area contributed by atoms with E-state index >= 15 is 0 Å². The average molecular weight is 351 g/mol. The second-order valence-electron chi connectivity index (χ2n) is 6.26. The molecule has 8 heteroatoms. The van der Waals surface area contributed by atoms with Crippen LogP contribution in [0, 0.1) is 5.41 Å². The molecule has 0 aliphatic heterocycles. The second-order valence-corrected chi connectivity index (χ2v) is 6.26.